The summed E-state index contributed by atoms with van der Waals surface area (Å²) in [6.45, 7) is 6.15. The van der Waals surface area contributed by atoms with E-state index in [-0.39, 0.29) is 11.8 Å². The van der Waals surface area contributed by atoms with Gasteiger partial charge in [0.25, 0.3) is 5.91 Å². The van der Waals surface area contributed by atoms with E-state index < -0.39 is 0 Å². The van der Waals surface area contributed by atoms with Gasteiger partial charge in [-0.25, -0.2) is 9.97 Å². The summed E-state index contributed by atoms with van der Waals surface area (Å²) in [6, 6.07) is 7.53. The summed E-state index contributed by atoms with van der Waals surface area (Å²) in [7, 11) is 0. The zero-order chi connectivity index (χ0) is 19.2. The highest BCUT2D eigenvalue weighted by Crippen LogP contribution is 2.25. The Hall–Kier alpha value is -3.16. The zero-order valence-electron chi connectivity index (χ0n) is 15.5. The first-order chi connectivity index (χ1) is 13.1. The van der Waals surface area contributed by atoms with Crippen molar-refractivity contribution in [2.45, 2.75) is 13.8 Å². The minimum Gasteiger partial charge on any atom is -0.492 e. The number of aromatic nitrogens is 2. The van der Waals surface area contributed by atoms with Crippen LogP contribution in [0.1, 0.15) is 24.2 Å². The molecule has 0 saturated carbocycles. The van der Waals surface area contributed by atoms with Crippen LogP contribution in [0.2, 0.25) is 0 Å². The molecular formula is C19H23N5O3. The monoisotopic (exact) mass is 369 g/mol. The average molecular weight is 369 g/mol. The molecule has 0 bridgehead atoms. The second kappa shape index (κ2) is 8.48. The Balaban J connectivity index is 1.64. The molecule has 3 rings (SSSR count). The fourth-order valence-corrected chi connectivity index (χ4v) is 2.88. The molecule has 0 atom stereocenters. The molecule has 0 unspecified atom stereocenters. The van der Waals surface area contributed by atoms with Crippen LogP contribution < -0.4 is 10.1 Å². The van der Waals surface area contributed by atoms with E-state index in [0.717, 1.165) is 5.69 Å². The summed E-state index contributed by atoms with van der Waals surface area (Å²) >= 11 is 0. The molecule has 2 heterocycles. The number of para-hydroxylation sites is 2. The minimum absolute atomic E-state index is 0.0354. The van der Waals surface area contributed by atoms with Crippen molar-refractivity contribution >= 4 is 23.5 Å². The molecule has 0 spiro atoms. The summed E-state index contributed by atoms with van der Waals surface area (Å²) < 4.78 is 5.57. The van der Waals surface area contributed by atoms with E-state index in [4.69, 9.17) is 4.74 Å². The molecule has 1 aromatic heterocycles. The van der Waals surface area contributed by atoms with Crippen molar-refractivity contribution in [2.24, 2.45) is 0 Å². The first-order valence-electron chi connectivity index (χ1n) is 8.94. The van der Waals surface area contributed by atoms with Crippen LogP contribution in [0.4, 0.5) is 11.6 Å². The second-order valence-electron chi connectivity index (χ2n) is 6.15. The Morgan fingerprint density at radius 3 is 2.33 bits per heavy atom. The first-order valence-corrected chi connectivity index (χ1v) is 8.94. The predicted octanol–water partition coefficient (Wildman–Crippen LogP) is 1.92. The Bertz CT molecular complexity index is 801. The molecule has 8 heteroatoms. The highest BCUT2D eigenvalue weighted by molar-refractivity contribution is 5.94. The molecule has 1 aromatic carbocycles. The number of hydrogen-bond donors (Lipinski definition) is 1. The molecule has 8 nitrogen and oxygen atoms in total. The van der Waals surface area contributed by atoms with Crippen molar-refractivity contribution in [1.82, 2.24) is 19.8 Å². The Morgan fingerprint density at radius 1 is 1.07 bits per heavy atom. The van der Waals surface area contributed by atoms with Crippen molar-refractivity contribution < 1.29 is 14.3 Å². The fraction of sp³-hybridized carbons (Fsp3) is 0.368. The van der Waals surface area contributed by atoms with Crippen LogP contribution in [0.15, 0.2) is 36.7 Å². The molecular weight excluding hydrogens is 346 g/mol. The molecule has 142 valence electrons. The van der Waals surface area contributed by atoms with Crippen molar-refractivity contribution in [3.63, 3.8) is 0 Å². The van der Waals surface area contributed by atoms with Gasteiger partial charge in [0.05, 0.1) is 17.9 Å². The quantitative estimate of drug-likeness (QED) is 0.866. The summed E-state index contributed by atoms with van der Waals surface area (Å²) in [6.07, 6.45) is 3.02. The molecule has 1 aliphatic heterocycles. The SMILES string of the molecule is CCOc1ccccc1Nc1ncc(C(=O)N2CCN(C(C)=O)CC2)cn1. The summed E-state index contributed by atoms with van der Waals surface area (Å²) in [4.78, 5) is 35.9. The Labute approximate surface area is 158 Å². The van der Waals surface area contributed by atoms with Crippen molar-refractivity contribution in [1.29, 1.82) is 0 Å². The number of amides is 2. The third kappa shape index (κ3) is 4.52. The maximum Gasteiger partial charge on any atom is 0.257 e. The Morgan fingerprint density at radius 2 is 1.70 bits per heavy atom. The number of rotatable bonds is 5. The highest BCUT2D eigenvalue weighted by Gasteiger charge is 2.23. The van der Waals surface area contributed by atoms with Gasteiger partial charge in [-0.05, 0) is 19.1 Å². The lowest BCUT2D eigenvalue weighted by molar-refractivity contribution is -0.130. The molecule has 2 amide bonds. The van der Waals surface area contributed by atoms with E-state index in [1.807, 2.05) is 31.2 Å². The van der Waals surface area contributed by atoms with E-state index >= 15 is 0 Å². The Kier molecular flexibility index (Phi) is 5.85. The van der Waals surface area contributed by atoms with Crippen LogP contribution in [0.5, 0.6) is 5.75 Å². The van der Waals surface area contributed by atoms with Crippen molar-refractivity contribution in [3.05, 3.63) is 42.2 Å². The summed E-state index contributed by atoms with van der Waals surface area (Å²) in [5.41, 5.74) is 1.19. The number of carbonyl (C=O) groups excluding carboxylic acids is 2. The molecule has 0 radical (unpaired) electrons. The van der Waals surface area contributed by atoms with Gasteiger partial charge >= 0.3 is 0 Å². The van der Waals surface area contributed by atoms with Gasteiger partial charge < -0.3 is 19.9 Å². The number of benzene rings is 1. The molecule has 1 aliphatic rings. The van der Waals surface area contributed by atoms with Gasteiger partial charge in [0.1, 0.15) is 5.75 Å². The third-order valence-electron chi connectivity index (χ3n) is 4.34. The minimum atomic E-state index is -0.125. The normalized spacial score (nSPS) is 14.0. The number of ether oxygens (including phenoxy) is 1. The van der Waals surface area contributed by atoms with Gasteiger partial charge in [-0.15, -0.1) is 0 Å². The maximum atomic E-state index is 12.6. The van der Waals surface area contributed by atoms with Crippen LogP contribution in [0.3, 0.4) is 0 Å². The van der Waals surface area contributed by atoms with E-state index in [1.54, 1.807) is 16.7 Å². The van der Waals surface area contributed by atoms with E-state index in [0.29, 0.717) is 50.0 Å². The zero-order valence-corrected chi connectivity index (χ0v) is 15.5. The molecule has 2 aromatic rings. The third-order valence-corrected chi connectivity index (χ3v) is 4.34. The van der Waals surface area contributed by atoms with E-state index in [9.17, 15) is 9.59 Å². The van der Waals surface area contributed by atoms with Gasteiger partial charge in [0.2, 0.25) is 11.9 Å². The van der Waals surface area contributed by atoms with Gasteiger partial charge in [-0.2, -0.15) is 0 Å². The molecule has 1 saturated heterocycles. The lowest BCUT2D eigenvalue weighted by atomic mass is 10.2. The molecule has 27 heavy (non-hydrogen) atoms. The topological polar surface area (TPSA) is 87.7 Å². The molecule has 0 aliphatic carbocycles. The van der Waals surface area contributed by atoms with Gasteiger partial charge in [-0.3, -0.25) is 9.59 Å². The number of anilines is 2. The first kappa shape index (κ1) is 18.6. The lowest BCUT2D eigenvalue weighted by Gasteiger charge is -2.34. The summed E-state index contributed by atoms with van der Waals surface area (Å²) in [5, 5.41) is 3.10. The van der Waals surface area contributed by atoms with Crippen LogP contribution in [0, 0.1) is 0 Å². The fourth-order valence-electron chi connectivity index (χ4n) is 2.88. The van der Waals surface area contributed by atoms with Crippen LogP contribution in [-0.2, 0) is 4.79 Å². The molecule has 1 fully saturated rings. The standard InChI is InChI=1S/C19H23N5O3/c1-3-27-17-7-5-4-6-16(17)22-19-20-12-15(13-21-19)18(26)24-10-8-23(9-11-24)14(2)25/h4-7,12-13H,3,8-11H2,1-2H3,(H,20,21,22). The van der Waals surface area contributed by atoms with Crippen molar-refractivity contribution in [3.8, 4) is 5.75 Å². The predicted molar refractivity (Wildman–Crippen MR) is 101 cm³/mol. The van der Waals surface area contributed by atoms with Gasteiger partial charge in [0, 0.05) is 45.5 Å². The maximum absolute atomic E-state index is 12.6. The number of nitrogens with one attached hydrogen (secondary N) is 1. The number of nitrogens with zero attached hydrogens (tertiary/aromatic N) is 4. The second-order valence-corrected chi connectivity index (χ2v) is 6.15. The number of carbonyl (C=O) groups is 2. The average Bonchev–Trinajstić information content (AvgIpc) is 2.70. The van der Waals surface area contributed by atoms with Crippen LogP contribution >= 0.6 is 0 Å². The van der Waals surface area contributed by atoms with E-state index in [2.05, 4.69) is 15.3 Å². The number of piperazine rings is 1. The lowest BCUT2D eigenvalue weighted by Crippen LogP contribution is -2.50. The highest BCUT2D eigenvalue weighted by atomic mass is 16.5. The van der Waals surface area contributed by atoms with Crippen LogP contribution in [-0.4, -0.2) is 64.4 Å². The number of hydrogen-bond acceptors (Lipinski definition) is 6. The largest absolute Gasteiger partial charge is 0.492 e. The molecule has 1 N–H and O–H groups in total. The smallest absolute Gasteiger partial charge is 0.257 e. The van der Waals surface area contributed by atoms with E-state index in [1.165, 1.54) is 12.4 Å². The van der Waals surface area contributed by atoms with Crippen LogP contribution in [0.25, 0.3) is 0 Å². The van der Waals surface area contributed by atoms with Gasteiger partial charge in [-0.1, -0.05) is 12.1 Å². The van der Waals surface area contributed by atoms with Crippen molar-refractivity contribution in [2.75, 3.05) is 38.1 Å². The van der Waals surface area contributed by atoms with Gasteiger partial charge in [0.15, 0.2) is 0 Å². The summed E-state index contributed by atoms with van der Waals surface area (Å²) in [5.74, 6) is 1.01.